The van der Waals surface area contributed by atoms with Gasteiger partial charge in [0.05, 0.1) is 6.20 Å². The lowest BCUT2D eigenvalue weighted by molar-refractivity contribution is -0.132. The van der Waals surface area contributed by atoms with Crippen LogP contribution in [-0.4, -0.2) is 57.8 Å². The summed E-state index contributed by atoms with van der Waals surface area (Å²) in [7, 11) is 0. The number of hydrogen-bond acceptors (Lipinski definition) is 4. The Bertz CT molecular complexity index is 729. The molecule has 1 fully saturated rings. The van der Waals surface area contributed by atoms with Crippen molar-refractivity contribution in [2.45, 2.75) is 12.8 Å². The van der Waals surface area contributed by atoms with Crippen molar-refractivity contribution in [3.05, 3.63) is 59.1 Å². The summed E-state index contributed by atoms with van der Waals surface area (Å²) in [5.41, 5.74) is 1.43. The van der Waals surface area contributed by atoms with Gasteiger partial charge >= 0.3 is 0 Å². The number of aryl methyl sites for hydroxylation is 1. The zero-order chi connectivity index (χ0) is 17.6. The molecule has 2 amide bonds. The minimum absolute atomic E-state index is 0.113. The Labute approximate surface area is 151 Å². The van der Waals surface area contributed by atoms with E-state index in [2.05, 4.69) is 9.97 Å². The van der Waals surface area contributed by atoms with Crippen molar-refractivity contribution in [3.8, 4) is 0 Å². The van der Waals surface area contributed by atoms with Crippen LogP contribution in [-0.2, 0) is 11.2 Å². The average molecular weight is 359 g/mol. The number of hydrogen-bond donors (Lipinski definition) is 0. The molecule has 1 aliphatic rings. The number of carbonyl (C=O) groups is 2. The molecule has 0 aliphatic carbocycles. The van der Waals surface area contributed by atoms with Crippen LogP contribution in [0.5, 0.6) is 0 Å². The molecule has 0 N–H and O–H groups in total. The first-order valence-electron chi connectivity index (χ1n) is 8.21. The molecule has 0 radical (unpaired) electrons. The summed E-state index contributed by atoms with van der Waals surface area (Å²) in [5, 5.41) is 0.693. The fourth-order valence-electron chi connectivity index (χ4n) is 2.79. The van der Waals surface area contributed by atoms with Crippen LogP contribution in [0.4, 0.5) is 0 Å². The molecule has 25 heavy (non-hydrogen) atoms. The second kappa shape index (κ2) is 8.07. The Balaban J connectivity index is 1.47. The molecule has 0 unspecified atom stereocenters. The first-order valence-corrected chi connectivity index (χ1v) is 8.59. The first-order chi connectivity index (χ1) is 12.1. The Morgan fingerprint density at radius 2 is 1.68 bits per heavy atom. The highest BCUT2D eigenvalue weighted by atomic mass is 35.5. The molecule has 130 valence electrons. The van der Waals surface area contributed by atoms with Gasteiger partial charge in [-0.25, -0.2) is 4.98 Å². The highest BCUT2D eigenvalue weighted by Crippen LogP contribution is 2.13. The average Bonchev–Trinajstić information content (AvgIpc) is 2.67. The van der Waals surface area contributed by atoms with Crippen molar-refractivity contribution < 1.29 is 9.59 Å². The van der Waals surface area contributed by atoms with Gasteiger partial charge in [-0.1, -0.05) is 23.7 Å². The van der Waals surface area contributed by atoms with Crippen LogP contribution in [0.1, 0.15) is 22.5 Å². The lowest BCUT2D eigenvalue weighted by Gasteiger charge is -2.34. The van der Waals surface area contributed by atoms with Gasteiger partial charge < -0.3 is 9.80 Å². The van der Waals surface area contributed by atoms with Gasteiger partial charge in [-0.2, -0.15) is 0 Å². The molecular formula is C18H19ClN4O2. The van der Waals surface area contributed by atoms with Crippen LogP contribution in [0.3, 0.4) is 0 Å². The molecule has 1 aromatic carbocycles. The summed E-state index contributed by atoms with van der Waals surface area (Å²) in [6, 6.07) is 7.54. The van der Waals surface area contributed by atoms with Crippen LogP contribution in [0.2, 0.25) is 5.02 Å². The van der Waals surface area contributed by atoms with Crippen LogP contribution in [0.15, 0.2) is 42.9 Å². The number of benzene rings is 1. The zero-order valence-electron chi connectivity index (χ0n) is 13.8. The quantitative estimate of drug-likeness (QED) is 0.839. The van der Waals surface area contributed by atoms with E-state index in [9.17, 15) is 9.59 Å². The lowest BCUT2D eigenvalue weighted by atomic mass is 10.1. The van der Waals surface area contributed by atoms with Crippen molar-refractivity contribution in [1.29, 1.82) is 0 Å². The summed E-state index contributed by atoms with van der Waals surface area (Å²) in [6.45, 7) is 2.13. The maximum Gasteiger partial charge on any atom is 0.274 e. The Hall–Kier alpha value is -2.47. The van der Waals surface area contributed by atoms with Gasteiger partial charge in [0.2, 0.25) is 5.91 Å². The lowest BCUT2D eigenvalue weighted by Crippen LogP contribution is -2.50. The minimum atomic E-state index is -0.138. The number of halogens is 1. The fourth-order valence-corrected chi connectivity index (χ4v) is 2.92. The Morgan fingerprint density at radius 1 is 1.00 bits per heavy atom. The number of rotatable bonds is 4. The molecule has 1 aliphatic heterocycles. The predicted octanol–water partition coefficient (Wildman–Crippen LogP) is 2.05. The van der Waals surface area contributed by atoms with E-state index in [-0.39, 0.29) is 11.8 Å². The molecule has 3 rings (SSSR count). The molecule has 0 saturated carbocycles. The highest BCUT2D eigenvalue weighted by molar-refractivity contribution is 6.30. The van der Waals surface area contributed by atoms with E-state index in [1.54, 1.807) is 4.90 Å². The third-order valence-corrected chi connectivity index (χ3v) is 4.49. The van der Waals surface area contributed by atoms with Gasteiger partial charge in [0, 0.05) is 50.0 Å². The topological polar surface area (TPSA) is 66.4 Å². The van der Waals surface area contributed by atoms with Gasteiger partial charge in [0.15, 0.2) is 0 Å². The van der Waals surface area contributed by atoms with E-state index < -0.39 is 0 Å². The molecule has 0 spiro atoms. The molecule has 1 saturated heterocycles. The SMILES string of the molecule is O=C(CCc1ccc(Cl)cc1)N1CCN(C(=O)c2cnccn2)CC1. The van der Waals surface area contributed by atoms with Crippen molar-refractivity contribution in [2.24, 2.45) is 0 Å². The normalized spacial score (nSPS) is 14.4. The minimum Gasteiger partial charge on any atom is -0.339 e. The molecule has 0 atom stereocenters. The van der Waals surface area contributed by atoms with Crippen molar-refractivity contribution in [2.75, 3.05) is 26.2 Å². The van der Waals surface area contributed by atoms with E-state index in [0.717, 1.165) is 5.56 Å². The third kappa shape index (κ3) is 4.54. The molecular weight excluding hydrogens is 340 g/mol. The molecule has 2 aromatic rings. The van der Waals surface area contributed by atoms with Crippen LogP contribution < -0.4 is 0 Å². The van der Waals surface area contributed by atoms with Gasteiger partial charge in [-0.15, -0.1) is 0 Å². The number of nitrogens with zero attached hydrogens (tertiary/aromatic N) is 4. The summed E-state index contributed by atoms with van der Waals surface area (Å²) in [4.78, 5) is 36.2. The predicted molar refractivity (Wildman–Crippen MR) is 94.3 cm³/mol. The number of carbonyl (C=O) groups excluding carboxylic acids is 2. The van der Waals surface area contributed by atoms with E-state index >= 15 is 0 Å². The number of amides is 2. The molecule has 7 heteroatoms. The summed E-state index contributed by atoms with van der Waals surface area (Å²) >= 11 is 5.86. The number of aromatic nitrogens is 2. The van der Waals surface area contributed by atoms with Gasteiger partial charge in [0.25, 0.3) is 5.91 Å². The van der Waals surface area contributed by atoms with Gasteiger partial charge in [-0.05, 0) is 24.1 Å². The maximum absolute atomic E-state index is 12.4. The van der Waals surface area contributed by atoms with E-state index in [4.69, 9.17) is 11.6 Å². The fraction of sp³-hybridized carbons (Fsp3) is 0.333. The van der Waals surface area contributed by atoms with Gasteiger partial charge in [-0.3, -0.25) is 14.6 Å². The second-order valence-electron chi connectivity index (χ2n) is 5.89. The summed E-state index contributed by atoms with van der Waals surface area (Å²) in [6.07, 6.45) is 5.65. The van der Waals surface area contributed by atoms with Crippen LogP contribution >= 0.6 is 11.6 Å². The number of piperazine rings is 1. The molecule has 2 heterocycles. The molecule has 6 nitrogen and oxygen atoms in total. The summed E-state index contributed by atoms with van der Waals surface area (Å²) in [5.74, 6) is -0.0251. The van der Waals surface area contributed by atoms with E-state index in [1.807, 2.05) is 29.2 Å². The monoisotopic (exact) mass is 358 g/mol. The maximum atomic E-state index is 12.4. The van der Waals surface area contributed by atoms with E-state index in [0.29, 0.717) is 49.7 Å². The van der Waals surface area contributed by atoms with Crippen molar-refractivity contribution in [1.82, 2.24) is 19.8 Å². The highest BCUT2D eigenvalue weighted by Gasteiger charge is 2.25. The first kappa shape index (κ1) is 17.4. The van der Waals surface area contributed by atoms with Crippen LogP contribution in [0.25, 0.3) is 0 Å². The smallest absolute Gasteiger partial charge is 0.274 e. The van der Waals surface area contributed by atoms with Crippen LogP contribution in [0, 0.1) is 0 Å². The molecule has 0 bridgehead atoms. The van der Waals surface area contributed by atoms with Crippen molar-refractivity contribution in [3.63, 3.8) is 0 Å². The zero-order valence-corrected chi connectivity index (χ0v) is 14.5. The second-order valence-corrected chi connectivity index (χ2v) is 6.33. The van der Waals surface area contributed by atoms with Gasteiger partial charge in [0.1, 0.15) is 5.69 Å². The summed E-state index contributed by atoms with van der Waals surface area (Å²) < 4.78 is 0. The Kier molecular flexibility index (Phi) is 5.60. The third-order valence-electron chi connectivity index (χ3n) is 4.24. The van der Waals surface area contributed by atoms with E-state index in [1.165, 1.54) is 18.6 Å². The van der Waals surface area contributed by atoms with Crippen molar-refractivity contribution >= 4 is 23.4 Å². The largest absolute Gasteiger partial charge is 0.339 e. The Morgan fingerprint density at radius 3 is 2.32 bits per heavy atom. The standard InChI is InChI=1S/C18H19ClN4O2/c19-15-4-1-14(2-5-15)3-6-17(24)22-9-11-23(12-10-22)18(25)16-13-20-7-8-21-16/h1-2,4-5,7-8,13H,3,6,9-12H2. The molecule has 1 aromatic heterocycles.